The number of hydrogen-bond donors (Lipinski definition) is 0. The molecule has 1 aliphatic rings. The van der Waals surface area contributed by atoms with E-state index in [-0.39, 0.29) is 23.4 Å². The number of halogens is 2. The number of rotatable bonds is 8. The molecule has 3 rings (SSSR count). The van der Waals surface area contributed by atoms with Gasteiger partial charge in [0.1, 0.15) is 0 Å². The minimum Gasteiger partial charge on any atom is -0.493 e. The van der Waals surface area contributed by atoms with E-state index in [1.165, 1.54) is 25.3 Å². The second-order valence-electron chi connectivity index (χ2n) is 6.40. The zero-order valence-corrected chi connectivity index (χ0v) is 16.8. The van der Waals surface area contributed by atoms with Gasteiger partial charge in [-0.25, -0.2) is 0 Å². The minimum absolute atomic E-state index is 0.0956. The van der Waals surface area contributed by atoms with Gasteiger partial charge in [0.15, 0.2) is 11.5 Å². The van der Waals surface area contributed by atoms with Crippen molar-refractivity contribution in [1.82, 2.24) is 9.88 Å². The summed E-state index contributed by atoms with van der Waals surface area (Å²) >= 11 is 1.81. The molecule has 1 aromatic heterocycles. The summed E-state index contributed by atoms with van der Waals surface area (Å²) in [5.41, 5.74) is 1.14. The van der Waals surface area contributed by atoms with Crippen LogP contribution in [0.15, 0.2) is 48.7 Å². The molecule has 0 spiro atoms. The second-order valence-corrected chi connectivity index (χ2v) is 7.54. The van der Waals surface area contributed by atoms with Crippen LogP contribution in [-0.2, 0) is 11.3 Å². The minimum atomic E-state index is -3.00. The van der Waals surface area contributed by atoms with E-state index < -0.39 is 6.61 Å². The Morgan fingerprint density at radius 2 is 2.21 bits per heavy atom. The first-order chi connectivity index (χ1) is 14.1. The smallest absolute Gasteiger partial charge is 0.387 e. The Morgan fingerprint density at radius 1 is 1.34 bits per heavy atom. The Kier molecular flexibility index (Phi) is 7.46. The maximum Gasteiger partial charge on any atom is 0.387 e. The van der Waals surface area contributed by atoms with E-state index in [1.54, 1.807) is 23.2 Å². The first-order valence-corrected chi connectivity index (χ1v) is 10.3. The number of amides is 1. The van der Waals surface area contributed by atoms with Crippen LogP contribution in [0.2, 0.25) is 0 Å². The van der Waals surface area contributed by atoms with Crippen LogP contribution < -0.4 is 9.47 Å². The van der Waals surface area contributed by atoms with Crippen molar-refractivity contribution in [2.24, 2.45) is 0 Å². The van der Waals surface area contributed by atoms with Crippen LogP contribution in [0.4, 0.5) is 8.78 Å². The number of hydrogen-bond acceptors (Lipinski definition) is 5. The van der Waals surface area contributed by atoms with E-state index in [2.05, 4.69) is 9.72 Å². The Hall–Kier alpha value is -2.61. The van der Waals surface area contributed by atoms with Gasteiger partial charge in [-0.2, -0.15) is 20.5 Å². The number of methoxy groups -OCH3 is 1. The van der Waals surface area contributed by atoms with E-state index >= 15 is 0 Å². The lowest BCUT2D eigenvalue weighted by atomic mass is 10.1. The lowest BCUT2D eigenvalue weighted by Gasteiger charge is -2.27. The Labute approximate surface area is 172 Å². The molecule has 5 nitrogen and oxygen atoms in total. The summed E-state index contributed by atoms with van der Waals surface area (Å²) in [5.74, 6) is 1.75. The lowest BCUT2D eigenvalue weighted by molar-refractivity contribution is -0.128. The van der Waals surface area contributed by atoms with Crippen LogP contribution in [0.25, 0.3) is 6.08 Å². The summed E-state index contributed by atoms with van der Waals surface area (Å²) in [6.45, 7) is -2.60. The van der Waals surface area contributed by atoms with Gasteiger partial charge in [-0.05, 0) is 36.4 Å². The molecule has 154 valence electrons. The molecule has 0 N–H and O–H groups in total. The first kappa shape index (κ1) is 21.1. The lowest BCUT2D eigenvalue weighted by Crippen LogP contribution is -2.39. The topological polar surface area (TPSA) is 51.7 Å². The molecule has 1 aromatic carbocycles. The van der Waals surface area contributed by atoms with Crippen molar-refractivity contribution >= 4 is 23.7 Å². The number of thioether (sulfide) groups is 1. The average molecular weight is 420 g/mol. The molecule has 2 aromatic rings. The highest BCUT2D eigenvalue weighted by Crippen LogP contribution is 2.33. The van der Waals surface area contributed by atoms with Crippen molar-refractivity contribution in [1.29, 1.82) is 0 Å². The zero-order chi connectivity index (χ0) is 20.6. The molecule has 0 radical (unpaired) electrons. The zero-order valence-electron chi connectivity index (χ0n) is 16.0. The fraction of sp³-hybridized carbons (Fsp3) is 0.333. The number of carbonyl (C=O) groups excluding carboxylic acids is 1. The molecule has 1 aliphatic heterocycles. The predicted molar refractivity (Wildman–Crippen MR) is 109 cm³/mol. The van der Waals surface area contributed by atoms with Gasteiger partial charge in [0.25, 0.3) is 0 Å². The van der Waals surface area contributed by atoms with E-state index in [0.29, 0.717) is 12.1 Å². The van der Waals surface area contributed by atoms with E-state index in [0.717, 1.165) is 23.6 Å². The van der Waals surface area contributed by atoms with Crippen molar-refractivity contribution in [2.45, 2.75) is 25.6 Å². The molecule has 1 amide bonds. The molecule has 0 saturated carbocycles. The summed E-state index contributed by atoms with van der Waals surface area (Å²) in [6, 6.07) is 10.5. The largest absolute Gasteiger partial charge is 0.493 e. The molecule has 0 bridgehead atoms. The maximum absolute atomic E-state index is 13.0. The van der Waals surface area contributed by atoms with Crippen LogP contribution in [-0.4, -0.2) is 47.1 Å². The number of carbonyl (C=O) groups is 1. The van der Waals surface area contributed by atoms with E-state index in [9.17, 15) is 13.6 Å². The van der Waals surface area contributed by atoms with Crippen molar-refractivity contribution < 1.29 is 23.0 Å². The number of benzene rings is 1. The van der Waals surface area contributed by atoms with E-state index in [4.69, 9.17) is 4.74 Å². The van der Waals surface area contributed by atoms with Crippen LogP contribution in [0.3, 0.4) is 0 Å². The van der Waals surface area contributed by atoms with Gasteiger partial charge in [-0.3, -0.25) is 9.78 Å². The standard InChI is InChI=1S/C21H22F2N2O3S/c1-27-18-7-4-5-15(20(18)28-21(22)23)8-9-19(26)25(17-10-12-29-14-17)13-16-6-2-3-11-24-16/h2-9,11,17,21H,10,12-14H2,1H3. The number of alkyl halides is 2. The molecular formula is C21H22F2N2O3S. The number of aromatic nitrogens is 1. The third-order valence-electron chi connectivity index (χ3n) is 4.53. The van der Waals surface area contributed by atoms with Gasteiger partial charge < -0.3 is 14.4 Å². The fourth-order valence-corrected chi connectivity index (χ4v) is 4.34. The van der Waals surface area contributed by atoms with Gasteiger partial charge >= 0.3 is 6.61 Å². The molecule has 0 aliphatic carbocycles. The molecular weight excluding hydrogens is 398 g/mol. The first-order valence-electron chi connectivity index (χ1n) is 9.16. The summed E-state index contributed by atoms with van der Waals surface area (Å²) < 4.78 is 35.3. The summed E-state index contributed by atoms with van der Waals surface area (Å²) in [5, 5.41) is 0. The van der Waals surface area contributed by atoms with Gasteiger partial charge in [0, 0.05) is 29.6 Å². The van der Waals surface area contributed by atoms with Crippen molar-refractivity contribution in [3.63, 3.8) is 0 Å². The summed E-state index contributed by atoms with van der Waals surface area (Å²) in [6.07, 6.45) is 5.48. The number of ether oxygens (including phenoxy) is 2. The number of pyridine rings is 1. The Morgan fingerprint density at radius 3 is 2.86 bits per heavy atom. The highest BCUT2D eigenvalue weighted by molar-refractivity contribution is 7.99. The second kappa shape index (κ2) is 10.2. The SMILES string of the molecule is COc1cccc(C=CC(=O)N(Cc2ccccn2)C2CCSC2)c1OC(F)F. The molecule has 8 heteroatoms. The van der Waals surface area contributed by atoms with Crippen LogP contribution >= 0.6 is 11.8 Å². The van der Waals surface area contributed by atoms with Crippen molar-refractivity contribution in [3.05, 3.63) is 59.9 Å². The monoisotopic (exact) mass is 420 g/mol. The molecule has 1 saturated heterocycles. The van der Waals surface area contributed by atoms with E-state index in [1.807, 2.05) is 30.0 Å². The fourth-order valence-electron chi connectivity index (χ4n) is 3.12. The van der Waals surface area contributed by atoms with Crippen LogP contribution in [0, 0.1) is 0 Å². The summed E-state index contributed by atoms with van der Waals surface area (Å²) in [4.78, 5) is 19.1. The number of para-hydroxylation sites is 1. The average Bonchev–Trinajstić information content (AvgIpc) is 3.26. The predicted octanol–water partition coefficient (Wildman–Crippen LogP) is 4.24. The highest BCUT2D eigenvalue weighted by Gasteiger charge is 2.26. The van der Waals surface area contributed by atoms with Gasteiger partial charge in [-0.1, -0.05) is 18.2 Å². The Bertz CT molecular complexity index is 843. The molecule has 1 atom stereocenters. The number of nitrogens with zero attached hydrogens (tertiary/aromatic N) is 2. The van der Waals surface area contributed by atoms with Crippen molar-refractivity contribution in [2.75, 3.05) is 18.6 Å². The van der Waals surface area contributed by atoms with Crippen molar-refractivity contribution in [3.8, 4) is 11.5 Å². The molecule has 1 unspecified atom stereocenters. The molecule has 2 heterocycles. The van der Waals surface area contributed by atoms with Gasteiger partial charge in [0.2, 0.25) is 5.91 Å². The van der Waals surface area contributed by atoms with Gasteiger partial charge in [-0.15, -0.1) is 0 Å². The highest BCUT2D eigenvalue weighted by atomic mass is 32.2. The van der Waals surface area contributed by atoms with Crippen LogP contribution in [0.5, 0.6) is 11.5 Å². The third kappa shape index (κ3) is 5.69. The Balaban J connectivity index is 1.83. The van der Waals surface area contributed by atoms with Gasteiger partial charge in [0.05, 0.1) is 19.3 Å². The molecule has 1 fully saturated rings. The van der Waals surface area contributed by atoms with Crippen LogP contribution in [0.1, 0.15) is 17.7 Å². The maximum atomic E-state index is 13.0. The quantitative estimate of drug-likeness (QED) is 0.598. The normalized spacial score (nSPS) is 16.3. The summed E-state index contributed by atoms with van der Waals surface area (Å²) in [7, 11) is 1.37. The third-order valence-corrected chi connectivity index (χ3v) is 5.67. The molecule has 29 heavy (non-hydrogen) atoms.